The molecular weight excluding hydrogens is 524 g/mol. The summed E-state index contributed by atoms with van der Waals surface area (Å²) in [5.74, 6) is -2.00. The Bertz CT molecular complexity index is 1100. The molecule has 4 rings (SSSR count). The zero-order chi connectivity index (χ0) is 28.9. The van der Waals surface area contributed by atoms with E-state index >= 15 is 0 Å². The second-order valence-corrected chi connectivity index (χ2v) is 13.4. The summed E-state index contributed by atoms with van der Waals surface area (Å²) < 4.78 is 4.49. The minimum absolute atomic E-state index is 0.118. The molecule has 3 fully saturated rings. The van der Waals surface area contributed by atoms with Gasteiger partial charge in [0.25, 0.3) is 0 Å². The quantitative estimate of drug-likeness (QED) is 0.192. The van der Waals surface area contributed by atoms with E-state index in [1.807, 2.05) is 37.3 Å². The predicted octanol–water partition coefficient (Wildman–Crippen LogP) is 4.40. The maximum atomic E-state index is 14.5. The Labute approximate surface area is 243 Å². The fourth-order valence-corrected chi connectivity index (χ4v) is 9.32. The summed E-state index contributed by atoms with van der Waals surface area (Å²) >= 11 is 1.64. The van der Waals surface area contributed by atoms with Gasteiger partial charge in [-0.1, -0.05) is 55.8 Å². The van der Waals surface area contributed by atoms with E-state index < -0.39 is 33.4 Å². The number of hydrogen-bond acceptors (Lipinski definition) is 6. The molecule has 1 aromatic carbocycles. The number of aliphatic hydroxyl groups is 1. The van der Waals surface area contributed by atoms with Crippen molar-refractivity contribution < 1.29 is 24.2 Å². The highest BCUT2D eigenvalue weighted by Crippen LogP contribution is 2.71. The molecule has 40 heavy (non-hydrogen) atoms. The smallest absolute Gasteiger partial charge is 0.311 e. The molecule has 3 aliphatic heterocycles. The SMILES string of the molecule is C=CCCCOC(=O)[C@@H]1[C@H]2C(=O)N([C@@H](CO)Cc3ccccc3)C(C(=O)N(CC=C)CCCC)C23CC[C@@]1(C)S3. The van der Waals surface area contributed by atoms with Crippen molar-refractivity contribution in [1.82, 2.24) is 9.80 Å². The van der Waals surface area contributed by atoms with Crippen LogP contribution < -0.4 is 0 Å². The summed E-state index contributed by atoms with van der Waals surface area (Å²) in [4.78, 5) is 46.0. The van der Waals surface area contributed by atoms with E-state index in [1.165, 1.54) is 0 Å². The van der Waals surface area contributed by atoms with Crippen molar-refractivity contribution in [2.75, 3.05) is 26.3 Å². The Morgan fingerprint density at radius 2 is 1.98 bits per heavy atom. The van der Waals surface area contributed by atoms with Crippen LogP contribution in [0, 0.1) is 11.8 Å². The van der Waals surface area contributed by atoms with Gasteiger partial charge in [-0.3, -0.25) is 14.4 Å². The molecule has 1 spiro atoms. The molecule has 0 saturated carbocycles. The molecule has 3 heterocycles. The van der Waals surface area contributed by atoms with Gasteiger partial charge in [-0.25, -0.2) is 0 Å². The van der Waals surface area contributed by atoms with Crippen molar-refractivity contribution in [3.05, 3.63) is 61.2 Å². The zero-order valence-electron chi connectivity index (χ0n) is 23.9. The highest BCUT2D eigenvalue weighted by molar-refractivity contribution is 8.02. The first-order chi connectivity index (χ1) is 19.3. The van der Waals surface area contributed by atoms with Crippen LogP contribution in [0.4, 0.5) is 0 Å². The number of rotatable bonds is 15. The third kappa shape index (κ3) is 5.49. The normalized spacial score (nSPS) is 29.2. The summed E-state index contributed by atoms with van der Waals surface area (Å²) in [7, 11) is 0. The third-order valence-corrected chi connectivity index (χ3v) is 10.8. The minimum Gasteiger partial charge on any atom is -0.465 e. The summed E-state index contributed by atoms with van der Waals surface area (Å²) in [5, 5.41) is 10.6. The molecule has 3 aliphatic rings. The Balaban J connectivity index is 1.74. The van der Waals surface area contributed by atoms with Crippen molar-refractivity contribution in [2.45, 2.75) is 80.4 Å². The summed E-state index contributed by atoms with van der Waals surface area (Å²) in [5.41, 5.74) is 0.978. The first-order valence-electron chi connectivity index (χ1n) is 14.6. The van der Waals surface area contributed by atoms with Gasteiger partial charge in [0.1, 0.15) is 6.04 Å². The number of aliphatic hydroxyl groups excluding tert-OH is 1. The van der Waals surface area contributed by atoms with Crippen LogP contribution in [0.5, 0.6) is 0 Å². The number of carbonyl (C=O) groups excluding carboxylic acids is 3. The molecule has 6 atom stereocenters. The summed E-state index contributed by atoms with van der Waals surface area (Å²) in [6.07, 6.45) is 8.53. The fourth-order valence-electron chi connectivity index (χ4n) is 6.99. The maximum absolute atomic E-state index is 14.5. The van der Waals surface area contributed by atoms with Gasteiger partial charge in [0.15, 0.2) is 0 Å². The van der Waals surface area contributed by atoms with Crippen LogP contribution >= 0.6 is 11.8 Å². The molecule has 1 N–H and O–H groups in total. The number of thioether (sulfide) groups is 1. The number of fused-ring (bicyclic) bond motifs is 1. The lowest BCUT2D eigenvalue weighted by Crippen LogP contribution is -2.58. The van der Waals surface area contributed by atoms with Crippen LogP contribution in [0.15, 0.2) is 55.6 Å². The van der Waals surface area contributed by atoms with E-state index in [9.17, 15) is 19.5 Å². The standard InChI is InChI=1S/C32H44N2O5S/c1-5-8-13-20-39-30(38)26-25-28(36)34(24(22-35)21-23-14-11-10-12-15-23)27(32(25)17-16-31(26,4)40-32)29(37)33(18-7-3)19-9-6-2/h5,7,10-12,14-15,24-27,35H,1,3,6,8-9,13,16-22H2,2,4H3/t24-,25+,26+,27?,31-,32?/m1/s1. The van der Waals surface area contributed by atoms with Gasteiger partial charge in [0, 0.05) is 17.8 Å². The number of hydrogen-bond donors (Lipinski definition) is 1. The van der Waals surface area contributed by atoms with Crippen molar-refractivity contribution in [3.8, 4) is 0 Å². The highest BCUT2D eigenvalue weighted by atomic mass is 32.2. The van der Waals surface area contributed by atoms with Gasteiger partial charge < -0.3 is 19.6 Å². The molecule has 0 aliphatic carbocycles. The predicted molar refractivity (Wildman–Crippen MR) is 159 cm³/mol. The lowest BCUT2D eigenvalue weighted by Gasteiger charge is -2.39. The number of carbonyl (C=O) groups is 3. The van der Waals surface area contributed by atoms with Crippen LogP contribution in [-0.2, 0) is 25.5 Å². The number of ether oxygens (including phenoxy) is 1. The molecule has 1 aromatic rings. The van der Waals surface area contributed by atoms with E-state index in [1.54, 1.807) is 33.7 Å². The summed E-state index contributed by atoms with van der Waals surface area (Å²) in [6.45, 7) is 12.7. The van der Waals surface area contributed by atoms with E-state index in [0.29, 0.717) is 32.4 Å². The minimum atomic E-state index is -0.770. The molecule has 0 aromatic heterocycles. The largest absolute Gasteiger partial charge is 0.465 e. The molecule has 0 radical (unpaired) electrons. The van der Waals surface area contributed by atoms with Gasteiger partial charge in [-0.2, -0.15) is 0 Å². The van der Waals surface area contributed by atoms with E-state index in [-0.39, 0.29) is 31.0 Å². The van der Waals surface area contributed by atoms with Crippen LogP contribution in [-0.4, -0.2) is 80.6 Å². The topological polar surface area (TPSA) is 87.1 Å². The van der Waals surface area contributed by atoms with Gasteiger partial charge in [0.2, 0.25) is 11.8 Å². The van der Waals surface area contributed by atoms with E-state index in [2.05, 4.69) is 20.1 Å². The van der Waals surface area contributed by atoms with Crippen LogP contribution in [0.3, 0.4) is 0 Å². The number of amides is 2. The van der Waals surface area contributed by atoms with Gasteiger partial charge in [0.05, 0.1) is 35.8 Å². The molecule has 2 bridgehead atoms. The maximum Gasteiger partial charge on any atom is 0.311 e. The summed E-state index contributed by atoms with van der Waals surface area (Å²) in [6, 6.07) is 8.36. The Hall–Kier alpha value is -2.58. The third-order valence-electron chi connectivity index (χ3n) is 8.86. The number of esters is 1. The number of unbranched alkanes of at least 4 members (excludes halogenated alkanes) is 2. The number of allylic oxidation sites excluding steroid dienone is 1. The van der Waals surface area contributed by atoms with E-state index in [4.69, 9.17) is 4.74 Å². The second kappa shape index (κ2) is 12.9. The number of benzene rings is 1. The lowest BCUT2D eigenvalue weighted by atomic mass is 9.66. The number of nitrogens with zero attached hydrogens (tertiary/aromatic N) is 2. The van der Waals surface area contributed by atoms with Gasteiger partial charge in [-0.05, 0) is 51.0 Å². The highest BCUT2D eigenvalue weighted by Gasteiger charge is 2.78. The lowest BCUT2D eigenvalue weighted by molar-refractivity contribution is -0.156. The molecule has 8 heteroatoms. The molecule has 2 unspecified atom stereocenters. The molecular formula is C32H44N2O5S. The van der Waals surface area contributed by atoms with Crippen molar-refractivity contribution in [3.63, 3.8) is 0 Å². The van der Waals surface area contributed by atoms with Gasteiger partial charge in [-0.15, -0.1) is 24.9 Å². The average molecular weight is 569 g/mol. The van der Waals surface area contributed by atoms with Crippen LogP contribution in [0.1, 0.15) is 57.9 Å². The first-order valence-corrected chi connectivity index (χ1v) is 15.4. The zero-order valence-corrected chi connectivity index (χ0v) is 24.7. The van der Waals surface area contributed by atoms with Gasteiger partial charge >= 0.3 is 5.97 Å². The Kier molecular flexibility index (Phi) is 9.83. The molecule has 7 nitrogen and oxygen atoms in total. The second-order valence-electron chi connectivity index (χ2n) is 11.5. The molecule has 3 saturated heterocycles. The first kappa shape index (κ1) is 30.4. The number of likely N-dealkylation sites (tertiary alicyclic amines) is 1. The van der Waals surface area contributed by atoms with Crippen LogP contribution in [0.25, 0.3) is 0 Å². The molecule has 218 valence electrons. The van der Waals surface area contributed by atoms with Crippen LogP contribution in [0.2, 0.25) is 0 Å². The monoisotopic (exact) mass is 568 g/mol. The fraction of sp³-hybridized carbons (Fsp3) is 0.594. The Morgan fingerprint density at radius 3 is 2.62 bits per heavy atom. The Morgan fingerprint density at radius 1 is 1.23 bits per heavy atom. The van der Waals surface area contributed by atoms with Crippen molar-refractivity contribution >= 4 is 29.5 Å². The average Bonchev–Trinajstić information content (AvgIpc) is 3.52. The van der Waals surface area contributed by atoms with E-state index in [0.717, 1.165) is 31.2 Å². The van der Waals surface area contributed by atoms with Crippen molar-refractivity contribution in [2.24, 2.45) is 11.8 Å². The molecule has 2 amide bonds. The van der Waals surface area contributed by atoms with Crippen molar-refractivity contribution in [1.29, 1.82) is 0 Å².